The molecule has 1 fully saturated rings. The minimum absolute atomic E-state index is 0.00572. The number of hydrogen-bond donors (Lipinski definition) is 2. The van der Waals surface area contributed by atoms with Gasteiger partial charge in [0.2, 0.25) is 5.91 Å². The average molecular weight is 325 g/mol. The summed E-state index contributed by atoms with van der Waals surface area (Å²) in [6, 6.07) is 17.0. The van der Waals surface area contributed by atoms with Gasteiger partial charge < -0.3 is 15.3 Å². The SMILES string of the molecule is O=C(CCN1CCN(c2ccccc2)CC1)Nc1ccc(O)cc1. The van der Waals surface area contributed by atoms with Crippen LogP contribution in [0.1, 0.15) is 6.42 Å². The van der Waals surface area contributed by atoms with Crippen molar-refractivity contribution in [3.63, 3.8) is 0 Å². The molecule has 0 saturated carbocycles. The summed E-state index contributed by atoms with van der Waals surface area (Å²) >= 11 is 0. The van der Waals surface area contributed by atoms with Gasteiger partial charge in [-0.1, -0.05) is 18.2 Å². The van der Waals surface area contributed by atoms with Crippen molar-refractivity contribution >= 4 is 17.3 Å². The van der Waals surface area contributed by atoms with Crippen LogP contribution in [0.15, 0.2) is 54.6 Å². The molecule has 0 atom stereocenters. The van der Waals surface area contributed by atoms with Crippen molar-refractivity contribution in [2.75, 3.05) is 42.9 Å². The van der Waals surface area contributed by atoms with Crippen LogP contribution in [0, 0.1) is 0 Å². The zero-order valence-electron chi connectivity index (χ0n) is 13.7. The molecule has 1 aliphatic heterocycles. The number of nitrogens with zero attached hydrogens (tertiary/aromatic N) is 2. The number of hydrogen-bond acceptors (Lipinski definition) is 4. The second-order valence-electron chi connectivity index (χ2n) is 6.01. The Morgan fingerprint density at radius 1 is 0.958 bits per heavy atom. The first kappa shape index (κ1) is 16.3. The first-order valence-corrected chi connectivity index (χ1v) is 8.32. The van der Waals surface area contributed by atoms with Gasteiger partial charge in [-0.15, -0.1) is 0 Å². The third-order valence-electron chi connectivity index (χ3n) is 4.30. The van der Waals surface area contributed by atoms with Crippen LogP contribution >= 0.6 is 0 Å². The molecule has 5 nitrogen and oxygen atoms in total. The number of amides is 1. The van der Waals surface area contributed by atoms with Crippen LogP contribution in [0.4, 0.5) is 11.4 Å². The highest BCUT2D eigenvalue weighted by Crippen LogP contribution is 2.16. The summed E-state index contributed by atoms with van der Waals surface area (Å²) in [6.07, 6.45) is 0.478. The lowest BCUT2D eigenvalue weighted by Gasteiger charge is -2.36. The lowest BCUT2D eigenvalue weighted by molar-refractivity contribution is -0.116. The van der Waals surface area contributed by atoms with Gasteiger partial charge in [-0.2, -0.15) is 0 Å². The molecule has 0 radical (unpaired) electrons. The zero-order chi connectivity index (χ0) is 16.8. The molecular formula is C19H23N3O2. The number of phenolic OH excluding ortho intramolecular Hbond substituents is 1. The molecule has 5 heteroatoms. The highest BCUT2D eigenvalue weighted by Gasteiger charge is 2.17. The standard InChI is InChI=1S/C19H23N3O2/c23-18-8-6-16(7-9-18)20-19(24)10-11-21-12-14-22(15-13-21)17-4-2-1-3-5-17/h1-9,23H,10-15H2,(H,20,24). The number of benzene rings is 2. The van der Waals surface area contributed by atoms with Crippen molar-refractivity contribution in [1.82, 2.24) is 4.90 Å². The van der Waals surface area contributed by atoms with Crippen molar-refractivity contribution in [1.29, 1.82) is 0 Å². The summed E-state index contributed by atoms with van der Waals surface area (Å²) in [7, 11) is 0. The Hall–Kier alpha value is -2.53. The van der Waals surface area contributed by atoms with E-state index < -0.39 is 0 Å². The van der Waals surface area contributed by atoms with E-state index in [0.717, 1.165) is 32.7 Å². The van der Waals surface area contributed by atoms with Crippen LogP contribution in [-0.4, -0.2) is 48.6 Å². The van der Waals surface area contributed by atoms with Gasteiger partial charge in [0.05, 0.1) is 0 Å². The van der Waals surface area contributed by atoms with Gasteiger partial charge in [0, 0.05) is 50.5 Å². The molecule has 2 aromatic carbocycles. The topological polar surface area (TPSA) is 55.8 Å². The Balaban J connectivity index is 1.40. The second kappa shape index (κ2) is 7.84. The van der Waals surface area contributed by atoms with Crippen LogP contribution < -0.4 is 10.2 Å². The molecule has 2 aromatic rings. The van der Waals surface area contributed by atoms with Crippen molar-refractivity contribution < 1.29 is 9.90 Å². The van der Waals surface area contributed by atoms with Gasteiger partial charge in [0.1, 0.15) is 5.75 Å². The molecule has 0 aliphatic carbocycles. The molecule has 2 N–H and O–H groups in total. The predicted octanol–water partition coefficient (Wildman–Crippen LogP) is 2.54. The molecule has 0 unspecified atom stereocenters. The average Bonchev–Trinajstić information content (AvgIpc) is 2.63. The number of rotatable bonds is 5. The number of carbonyl (C=O) groups excluding carboxylic acids is 1. The van der Waals surface area contributed by atoms with E-state index in [2.05, 4.69) is 39.4 Å². The summed E-state index contributed by atoms with van der Waals surface area (Å²) in [5.41, 5.74) is 1.98. The minimum atomic E-state index is 0.00572. The number of nitrogens with one attached hydrogen (secondary N) is 1. The van der Waals surface area contributed by atoms with E-state index in [9.17, 15) is 9.90 Å². The van der Waals surface area contributed by atoms with E-state index in [0.29, 0.717) is 12.1 Å². The maximum absolute atomic E-state index is 12.0. The fourth-order valence-corrected chi connectivity index (χ4v) is 2.90. The van der Waals surface area contributed by atoms with E-state index in [1.54, 1.807) is 24.3 Å². The fourth-order valence-electron chi connectivity index (χ4n) is 2.90. The third-order valence-corrected chi connectivity index (χ3v) is 4.30. The van der Waals surface area contributed by atoms with Gasteiger partial charge >= 0.3 is 0 Å². The Labute approximate surface area is 142 Å². The van der Waals surface area contributed by atoms with Gasteiger partial charge in [-0.05, 0) is 36.4 Å². The number of carbonyl (C=O) groups is 1. The van der Waals surface area contributed by atoms with E-state index in [1.807, 2.05) is 6.07 Å². The van der Waals surface area contributed by atoms with Crippen LogP contribution in [0.3, 0.4) is 0 Å². The highest BCUT2D eigenvalue weighted by molar-refractivity contribution is 5.90. The molecule has 0 aromatic heterocycles. The summed E-state index contributed by atoms with van der Waals surface area (Å²) in [6.45, 7) is 4.70. The van der Waals surface area contributed by atoms with E-state index >= 15 is 0 Å². The number of piperazine rings is 1. The molecule has 24 heavy (non-hydrogen) atoms. The Kier molecular flexibility index (Phi) is 5.33. The normalized spacial score (nSPS) is 15.2. The molecule has 1 amide bonds. The summed E-state index contributed by atoms with van der Waals surface area (Å²) in [5.74, 6) is 0.204. The van der Waals surface area contributed by atoms with Crippen LogP contribution in [0.2, 0.25) is 0 Å². The Bertz CT molecular complexity index is 650. The smallest absolute Gasteiger partial charge is 0.225 e. The first-order chi connectivity index (χ1) is 11.7. The fraction of sp³-hybridized carbons (Fsp3) is 0.316. The highest BCUT2D eigenvalue weighted by atomic mass is 16.3. The Morgan fingerprint density at radius 2 is 1.62 bits per heavy atom. The number of anilines is 2. The second-order valence-corrected chi connectivity index (χ2v) is 6.01. The van der Waals surface area contributed by atoms with E-state index in [4.69, 9.17) is 0 Å². The van der Waals surface area contributed by atoms with Crippen LogP contribution in [0.25, 0.3) is 0 Å². The quantitative estimate of drug-likeness (QED) is 0.830. The number of aromatic hydroxyl groups is 1. The largest absolute Gasteiger partial charge is 0.508 e. The summed E-state index contributed by atoms with van der Waals surface area (Å²) in [5, 5.41) is 12.1. The van der Waals surface area contributed by atoms with Gasteiger partial charge in [-0.3, -0.25) is 9.69 Å². The molecule has 0 bridgehead atoms. The molecule has 1 saturated heterocycles. The minimum Gasteiger partial charge on any atom is -0.508 e. The lowest BCUT2D eigenvalue weighted by atomic mass is 10.2. The van der Waals surface area contributed by atoms with Crippen molar-refractivity contribution in [2.24, 2.45) is 0 Å². The van der Waals surface area contributed by atoms with Gasteiger partial charge in [-0.25, -0.2) is 0 Å². The molecule has 1 aliphatic rings. The maximum Gasteiger partial charge on any atom is 0.225 e. The molecular weight excluding hydrogens is 302 g/mol. The number of para-hydroxylation sites is 1. The molecule has 1 heterocycles. The number of phenols is 1. The van der Waals surface area contributed by atoms with Gasteiger partial charge in [0.25, 0.3) is 0 Å². The van der Waals surface area contributed by atoms with Crippen molar-refractivity contribution in [2.45, 2.75) is 6.42 Å². The van der Waals surface area contributed by atoms with Crippen LogP contribution in [-0.2, 0) is 4.79 Å². The van der Waals surface area contributed by atoms with Crippen molar-refractivity contribution in [3.05, 3.63) is 54.6 Å². The monoisotopic (exact) mass is 325 g/mol. The van der Waals surface area contributed by atoms with Gasteiger partial charge in [0.15, 0.2) is 0 Å². The molecule has 126 valence electrons. The van der Waals surface area contributed by atoms with E-state index in [1.165, 1.54) is 5.69 Å². The zero-order valence-corrected chi connectivity index (χ0v) is 13.7. The summed E-state index contributed by atoms with van der Waals surface area (Å²) < 4.78 is 0. The maximum atomic E-state index is 12.0. The first-order valence-electron chi connectivity index (χ1n) is 8.32. The molecule has 0 spiro atoms. The van der Waals surface area contributed by atoms with E-state index in [-0.39, 0.29) is 11.7 Å². The third kappa shape index (κ3) is 4.49. The Morgan fingerprint density at radius 3 is 2.29 bits per heavy atom. The van der Waals surface area contributed by atoms with Crippen LogP contribution in [0.5, 0.6) is 5.75 Å². The predicted molar refractivity (Wildman–Crippen MR) is 96.4 cm³/mol. The molecule has 3 rings (SSSR count). The summed E-state index contributed by atoms with van der Waals surface area (Å²) in [4.78, 5) is 16.7. The van der Waals surface area contributed by atoms with Crippen molar-refractivity contribution in [3.8, 4) is 5.75 Å². The lowest BCUT2D eigenvalue weighted by Crippen LogP contribution is -2.47.